The lowest BCUT2D eigenvalue weighted by molar-refractivity contribution is -0.197. The molecular formula is C24H24O9. The minimum Gasteiger partial charge on any atom is -0.459 e. The number of hydrogen-bond acceptors (Lipinski definition) is 9. The maximum Gasteiger partial charge on any atom is 0.338 e. The molecule has 4 atom stereocenters. The molecule has 1 heterocycles. The van der Waals surface area contributed by atoms with Gasteiger partial charge in [0.25, 0.3) is 0 Å². The van der Waals surface area contributed by atoms with Crippen molar-refractivity contribution in [3.63, 3.8) is 0 Å². The lowest BCUT2D eigenvalue weighted by atomic mass is 9.94. The molecule has 3 rings (SSSR count). The van der Waals surface area contributed by atoms with Gasteiger partial charge in [0.15, 0.2) is 5.60 Å². The van der Waals surface area contributed by atoms with Crippen molar-refractivity contribution in [1.82, 2.24) is 0 Å². The molecule has 2 aromatic rings. The van der Waals surface area contributed by atoms with Crippen LogP contribution in [0.1, 0.15) is 41.5 Å². The molecule has 1 fully saturated rings. The normalized spacial score (nSPS) is 23.9. The predicted octanol–water partition coefficient (Wildman–Crippen LogP) is 2.68. The number of esters is 4. The first-order chi connectivity index (χ1) is 15.7. The van der Waals surface area contributed by atoms with E-state index in [1.807, 2.05) is 0 Å². The average Bonchev–Trinajstić information content (AvgIpc) is 3.03. The Bertz CT molecular complexity index is 1010. The minimum atomic E-state index is -1.64. The monoisotopic (exact) mass is 456 g/mol. The number of carbonyl (C=O) groups excluding carboxylic acids is 4. The highest BCUT2D eigenvalue weighted by Crippen LogP contribution is 2.38. The summed E-state index contributed by atoms with van der Waals surface area (Å²) in [6.45, 7) is 3.42. The standard InChI is InChI=1S/C24H24O9/c1-15(25)30-20-23(31-16(2)26)32-19(14-29-21(27)17-10-6-4-7-11-17)24(20,3)33-22(28)18-12-8-5-9-13-18/h4-13,19-20,23H,14H2,1-3H3/t19-,20+,23-,24+/m1/s1. The van der Waals surface area contributed by atoms with Crippen LogP contribution in [-0.2, 0) is 33.3 Å². The molecule has 0 aromatic heterocycles. The van der Waals surface area contributed by atoms with Crippen molar-refractivity contribution in [1.29, 1.82) is 0 Å². The van der Waals surface area contributed by atoms with Crippen LogP contribution in [0.5, 0.6) is 0 Å². The van der Waals surface area contributed by atoms with E-state index in [1.54, 1.807) is 60.7 Å². The van der Waals surface area contributed by atoms with Crippen LogP contribution < -0.4 is 0 Å². The molecule has 0 N–H and O–H groups in total. The predicted molar refractivity (Wildman–Crippen MR) is 113 cm³/mol. The van der Waals surface area contributed by atoms with Crippen LogP contribution in [0.2, 0.25) is 0 Å². The van der Waals surface area contributed by atoms with E-state index in [0.717, 1.165) is 13.8 Å². The van der Waals surface area contributed by atoms with Gasteiger partial charge in [-0.05, 0) is 31.2 Å². The summed E-state index contributed by atoms with van der Waals surface area (Å²) < 4.78 is 27.4. The minimum absolute atomic E-state index is 0.247. The smallest absolute Gasteiger partial charge is 0.338 e. The quantitative estimate of drug-likeness (QED) is 0.458. The number of carbonyl (C=O) groups is 4. The molecule has 174 valence electrons. The Hall–Kier alpha value is -3.72. The average molecular weight is 456 g/mol. The zero-order valence-corrected chi connectivity index (χ0v) is 18.4. The van der Waals surface area contributed by atoms with Crippen LogP contribution in [0.3, 0.4) is 0 Å². The van der Waals surface area contributed by atoms with Crippen molar-refractivity contribution in [3.05, 3.63) is 71.8 Å². The van der Waals surface area contributed by atoms with E-state index in [0.29, 0.717) is 5.56 Å². The summed E-state index contributed by atoms with van der Waals surface area (Å²) in [7, 11) is 0. The van der Waals surface area contributed by atoms with E-state index in [1.165, 1.54) is 6.92 Å². The Morgan fingerprint density at radius 3 is 1.85 bits per heavy atom. The maximum absolute atomic E-state index is 12.8. The Balaban J connectivity index is 1.88. The van der Waals surface area contributed by atoms with Crippen LogP contribution in [0.4, 0.5) is 0 Å². The summed E-state index contributed by atoms with van der Waals surface area (Å²) in [4.78, 5) is 48.7. The third kappa shape index (κ3) is 5.75. The lowest BCUT2D eigenvalue weighted by Crippen LogP contribution is -2.52. The molecule has 0 radical (unpaired) electrons. The van der Waals surface area contributed by atoms with Gasteiger partial charge in [-0.2, -0.15) is 0 Å². The van der Waals surface area contributed by atoms with E-state index < -0.39 is 48.0 Å². The van der Waals surface area contributed by atoms with Gasteiger partial charge < -0.3 is 23.7 Å². The van der Waals surface area contributed by atoms with E-state index in [4.69, 9.17) is 23.7 Å². The van der Waals surface area contributed by atoms with Crippen molar-refractivity contribution >= 4 is 23.9 Å². The van der Waals surface area contributed by atoms with E-state index >= 15 is 0 Å². The van der Waals surface area contributed by atoms with Crippen LogP contribution in [-0.4, -0.2) is 54.6 Å². The van der Waals surface area contributed by atoms with Crippen molar-refractivity contribution < 1.29 is 42.9 Å². The Kier molecular flexibility index (Phi) is 7.44. The highest BCUT2D eigenvalue weighted by atomic mass is 16.8. The molecule has 9 heteroatoms. The molecule has 9 nitrogen and oxygen atoms in total. The second kappa shape index (κ2) is 10.3. The first kappa shape index (κ1) is 23.9. The molecule has 2 aromatic carbocycles. The Morgan fingerprint density at radius 2 is 1.33 bits per heavy atom. The van der Waals surface area contributed by atoms with Gasteiger partial charge in [0.2, 0.25) is 12.4 Å². The molecule has 1 aliphatic rings. The van der Waals surface area contributed by atoms with Gasteiger partial charge in [0.1, 0.15) is 12.7 Å². The van der Waals surface area contributed by atoms with Crippen molar-refractivity contribution in [3.8, 4) is 0 Å². The van der Waals surface area contributed by atoms with E-state index in [9.17, 15) is 19.2 Å². The van der Waals surface area contributed by atoms with Crippen LogP contribution in [0.15, 0.2) is 60.7 Å². The third-order valence-electron chi connectivity index (χ3n) is 5.02. The zero-order chi connectivity index (χ0) is 24.0. The number of ether oxygens (including phenoxy) is 5. The van der Waals surface area contributed by atoms with Gasteiger partial charge in [0.05, 0.1) is 11.1 Å². The summed E-state index contributed by atoms with van der Waals surface area (Å²) in [6.07, 6.45) is -3.78. The van der Waals surface area contributed by atoms with Crippen LogP contribution in [0.25, 0.3) is 0 Å². The van der Waals surface area contributed by atoms with Crippen molar-refractivity contribution in [2.45, 2.75) is 44.9 Å². The molecule has 0 spiro atoms. The summed E-state index contributed by atoms with van der Waals surface area (Å²) in [5.74, 6) is -2.75. The first-order valence-electron chi connectivity index (χ1n) is 10.2. The SMILES string of the molecule is CC(=O)O[C@@H]1O[C@H](COC(=O)c2ccccc2)[C@](C)(OC(=O)c2ccccc2)[C@H]1OC(C)=O. The van der Waals surface area contributed by atoms with Gasteiger partial charge in [-0.25, -0.2) is 9.59 Å². The fraction of sp³-hybridized carbons (Fsp3) is 0.333. The summed E-state index contributed by atoms with van der Waals surface area (Å²) in [5, 5.41) is 0. The highest BCUT2D eigenvalue weighted by Gasteiger charge is 2.61. The fourth-order valence-corrected chi connectivity index (χ4v) is 3.40. The molecule has 0 unspecified atom stereocenters. The Morgan fingerprint density at radius 1 is 0.818 bits per heavy atom. The van der Waals surface area contributed by atoms with Crippen LogP contribution >= 0.6 is 0 Å². The molecule has 0 bridgehead atoms. The fourth-order valence-electron chi connectivity index (χ4n) is 3.40. The lowest BCUT2D eigenvalue weighted by Gasteiger charge is -2.33. The molecule has 1 saturated heterocycles. The molecule has 0 saturated carbocycles. The number of benzene rings is 2. The topological polar surface area (TPSA) is 114 Å². The second-order valence-electron chi connectivity index (χ2n) is 7.54. The van der Waals surface area contributed by atoms with Gasteiger partial charge >= 0.3 is 23.9 Å². The third-order valence-corrected chi connectivity index (χ3v) is 5.02. The molecular weight excluding hydrogens is 432 g/mol. The second-order valence-corrected chi connectivity index (χ2v) is 7.54. The van der Waals surface area contributed by atoms with Gasteiger partial charge in [-0.3, -0.25) is 9.59 Å². The van der Waals surface area contributed by atoms with Crippen molar-refractivity contribution in [2.24, 2.45) is 0 Å². The summed E-state index contributed by atoms with van der Waals surface area (Å²) in [5.41, 5.74) is -1.09. The van der Waals surface area contributed by atoms with E-state index in [2.05, 4.69) is 0 Å². The zero-order valence-electron chi connectivity index (χ0n) is 18.4. The molecule has 33 heavy (non-hydrogen) atoms. The molecule has 1 aliphatic heterocycles. The van der Waals surface area contributed by atoms with Crippen molar-refractivity contribution in [2.75, 3.05) is 6.61 Å². The van der Waals surface area contributed by atoms with Gasteiger partial charge in [-0.1, -0.05) is 36.4 Å². The number of hydrogen-bond donors (Lipinski definition) is 0. The highest BCUT2D eigenvalue weighted by molar-refractivity contribution is 5.90. The Labute approximate surface area is 190 Å². The number of rotatable bonds is 7. The van der Waals surface area contributed by atoms with E-state index in [-0.39, 0.29) is 12.2 Å². The molecule has 0 aliphatic carbocycles. The largest absolute Gasteiger partial charge is 0.459 e. The first-order valence-corrected chi connectivity index (χ1v) is 10.2. The van der Waals surface area contributed by atoms with Crippen LogP contribution in [0, 0.1) is 0 Å². The summed E-state index contributed by atoms with van der Waals surface area (Å²) in [6, 6.07) is 16.4. The van der Waals surface area contributed by atoms with Gasteiger partial charge in [-0.15, -0.1) is 0 Å². The summed E-state index contributed by atoms with van der Waals surface area (Å²) >= 11 is 0. The van der Waals surface area contributed by atoms with Gasteiger partial charge in [0, 0.05) is 13.8 Å². The molecule has 0 amide bonds. The maximum atomic E-state index is 12.8.